The van der Waals surface area contributed by atoms with E-state index in [2.05, 4.69) is 39.0 Å². The maximum absolute atomic E-state index is 4.55. The van der Waals surface area contributed by atoms with E-state index in [4.69, 9.17) is 0 Å². The lowest BCUT2D eigenvalue weighted by atomic mass is 10.4. The lowest BCUT2D eigenvalue weighted by Gasteiger charge is -2.19. The number of anilines is 2. The third kappa shape index (κ3) is 2.23. The minimum absolute atomic E-state index is 0.560. The molecule has 2 rings (SSSR count). The second-order valence-corrected chi connectivity index (χ2v) is 4.01. The van der Waals surface area contributed by atoms with Crippen LogP contribution in [0.5, 0.6) is 0 Å². The van der Waals surface area contributed by atoms with Crippen molar-refractivity contribution in [3.8, 4) is 0 Å². The molecule has 0 radical (unpaired) electrons. The van der Waals surface area contributed by atoms with Gasteiger partial charge in [-0.25, -0.2) is 0 Å². The average Bonchev–Trinajstić information content (AvgIpc) is 3.14. The van der Waals surface area contributed by atoms with Gasteiger partial charge in [0.15, 0.2) is 0 Å². The van der Waals surface area contributed by atoms with Crippen LogP contribution in [0.1, 0.15) is 38.4 Å². The van der Waals surface area contributed by atoms with Gasteiger partial charge >= 0.3 is 0 Å². The quantitative estimate of drug-likeness (QED) is 0.819. The van der Waals surface area contributed by atoms with E-state index in [9.17, 15) is 0 Å². The molecule has 0 spiro atoms. The number of hydrogen-bond acceptors (Lipinski definition) is 5. The Labute approximate surface area is 96.3 Å². The molecule has 16 heavy (non-hydrogen) atoms. The molecule has 0 aliphatic heterocycles. The topological polar surface area (TPSA) is 53.9 Å². The van der Waals surface area contributed by atoms with Crippen LogP contribution >= 0.6 is 0 Å². The highest BCUT2D eigenvalue weighted by molar-refractivity contribution is 5.37. The van der Waals surface area contributed by atoms with Crippen LogP contribution in [0.4, 0.5) is 11.9 Å². The SMILES string of the molecule is CCN(CC)c1nc(NC)nc(C2CC2)n1. The minimum atomic E-state index is 0.560. The summed E-state index contributed by atoms with van der Waals surface area (Å²) in [7, 11) is 1.85. The number of aromatic nitrogens is 3. The van der Waals surface area contributed by atoms with Crippen molar-refractivity contribution in [1.29, 1.82) is 0 Å². The Kier molecular flexibility index (Phi) is 3.22. The molecule has 1 heterocycles. The van der Waals surface area contributed by atoms with Crippen molar-refractivity contribution in [2.75, 3.05) is 30.4 Å². The summed E-state index contributed by atoms with van der Waals surface area (Å²) < 4.78 is 0. The van der Waals surface area contributed by atoms with Gasteiger partial charge in [0, 0.05) is 26.1 Å². The zero-order valence-electron chi connectivity index (χ0n) is 10.2. The van der Waals surface area contributed by atoms with Crippen LogP contribution in [0.25, 0.3) is 0 Å². The Morgan fingerprint density at radius 1 is 1.19 bits per heavy atom. The van der Waals surface area contributed by atoms with Crippen molar-refractivity contribution in [3.63, 3.8) is 0 Å². The summed E-state index contributed by atoms with van der Waals surface area (Å²) in [5.41, 5.74) is 0. The molecule has 0 amide bonds. The molecule has 88 valence electrons. The normalized spacial score (nSPS) is 14.9. The fourth-order valence-corrected chi connectivity index (χ4v) is 1.66. The zero-order chi connectivity index (χ0) is 11.5. The Balaban J connectivity index is 2.31. The van der Waals surface area contributed by atoms with E-state index in [1.165, 1.54) is 12.8 Å². The minimum Gasteiger partial charge on any atom is -0.357 e. The molecule has 5 heteroatoms. The molecule has 1 saturated carbocycles. The number of hydrogen-bond donors (Lipinski definition) is 1. The van der Waals surface area contributed by atoms with Gasteiger partial charge in [-0.2, -0.15) is 15.0 Å². The van der Waals surface area contributed by atoms with Gasteiger partial charge in [-0.05, 0) is 26.7 Å². The summed E-state index contributed by atoms with van der Waals surface area (Å²) in [6.07, 6.45) is 2.43. The third-order valence-corrected chi connectivity index (χ3v) is 2.85. The van der Waals surface area contributed by atoms with Crippen molar-refractivity contribution >= 4 is 11.9 Å². The molecule has 1 aliphatic rings. The molecule has 1 fully saturated rings. The van der Waals surface area contributed by atoms with Crippen LogP contribution in [0.2, 0.25) is 0 Å². The van der Waals surface area contributed by atoms with Gasteiger partial charge in [0.1, 0.15) is 5.82 Å². The van der Waals surface area contributed by atoms with Crippen LogP contribution < -0.4 is 10.2 Å². The van der Waals surface area contributed by atoms with Crippen molar-refractivity contribution in [1.82, 2.24) is 15.0 Å². The lowest BCUT2D eigenvalue weighted by Crippen LogP contribution is -2.25. The van der Waals surface area contributed by atoms with Crippen molar-refractivity contribution in [2.24, 2.45) is 0 Å². The van der Waals surface area contributed by atoms with E-state index in [0.29, 0.717) is 11.9 Å². The van der Waals surface area contributed by atoms with Crippen molar-refractivity contribution in [3.05, 3.63) is 5.82 Å². The third-order valence-electron chi connectivity index (χ3n) is 2.85. The first-order chi connectivity index (χ1) is 7.78. The van der Waals surface area contributed by atoms with Crippen molar-refractivity contribution in [2.45, 2.75) is 32.6 Å². The Bertz CT molecular complexity index is 357. The highest BCUT2D eigenvalue weighted by Gasteiger charge is 2.28. The fraction of sp³-hybridized carbons (Fsp3) is 0.727. The molecular weight excluding hydrogens is 202 g/mol. The summed E-state index contributed by atoms with van der Waals surface area (Å²) >= 11 is 0. The molecule has 0 bridgehead atoms. The van der Waals surface area contributed by atoms with Gasteiger partial charge in [-0.15, -0.1) is 0 Å². The van der Waals surface area contributed by atoms with Crippen LogP contribution in [0.3, 0.4) is 0 Å². The first kappa shape index (κ1) is 11.1. The molecule has 0 aromatic carbocycles. The molecule has 1 aromatic heterocycles. The van der Waals surface area contributed by atoms with Gasteiger partial charge in [-0.1, -0.05) is 0 Å². The fourth-order valence-electron chi connectivity index (χ4n) is 1.66. The number of rotatable bonds is 5. The Morgan fingerprint density at radius 3 is 2.38 bits per heavy atom. The molecule has 0 atom stereocenters. The van der Waals surface area contributed by atoms with E-state index in [1.54, 1.807) is 0 Å². The first-order valence-electron chi connectivity index (χ1n) is 5.97. The summed E-state index contributed by atoms with van der Waals surface area (Å²) in [6, 6.07) is 0. The number of nitrogens with one attached hydrogen (secondary N) is 1. The number of nitrogens with zero attached hydrogens (tertiary/aromatic N) is 4. The second-order valence-electron chi connectivity index (χ2n) is 4.01. The summed E-state index contributed by atoms with van der Waals surface area (Å²) in [4.78, 5) is 15.5. The highest BCUT2D eigenvalue weighted by atomic mass is 15.3. The van der Waals surface area contributed by atoms with Crippen molar-refractivity contribution < 1.29 is 0 Å². The molecule has 1 aliphatic carbocycles. The Morgan fingerprint density at radius 2 is 1.88 bits per heavy atom. The molecular formula is C11H19N5. The average molecular weight is 221 g/mol. The van der Waals surface area contributed by atoms with Crippen LogP contribution in [-0.2, 0) is 0 Å². The van der Waals surface area contributed by atoms with E-state index in [1.807, 2.05) is 7.05 Å². The Hall–Kier alpha value is -1.39. The molecule has 0 unspecified atom stereocenters. The molecule has 5 nitrogen and oxygen atoms in total. The van der Waals surface area contributed by atoms with Crippen LogP contribution in [0, 0.1) is 0 Å². The molecule has 1 aromatic rings. The maximum atomic E-state index is 4.55. The lowest BCUT2D eigenvalue weighted by molar-refractivity contribution is 0.788. The van der Waals surface area contributed by atoms with E-state index < -0.39 is 0 Å². The summed E-state index contributed by atoms with van der Waals surface area (Å²) in [6.45, 7) is 6.08. The van der Waals surface area contributed by atoms with Gasteiger partial charge in [-0.3, -0.25) is 0 Å². The standard InChI is InChI=1S/C11H19N5/c1-4-16(5-2)11-14-9(8-6-7-8)13-10(12-3)15-11/h8H,4-7H2,1-3H3,(H,12,13,14,15). The van der Waals surface area contributed by atoms with Gasteiger partial charge in [0.25, 0.3) is 0 Å². The van der Waals surface area contributed by atoms with Gasteiger partial charge in [0.05, 0.1) is 0 Å². The summed E-state index contributed by atoms with van der Waals surface area (Å²) in [5, 5.41) is 3.00. The van der Waals surface area contributed by atoms with E-state index in [-0.39, 0.29) is 0 Å². The largest absolute Gasteiger partial charge is 0.357 e. The van der Waals surface area contributed by atoms with E-state index in [0.717, 1.165) is 24.9 Å². The van der Waals surface area contributed by atoms with Crippen LogP contribution in [0.15, 0.2) is 0 Å². The van der Waals surface area contributed by atoms with Gasteiger partial charge < -0.3 is 10.2 Å². The first-order valence-corrected chi connectivity index (χ1v) is 5.97. The predicted molar refractivity (Wildman–Crippen MR) is 64.9 cm³/mol. The highest BCUT2D eigenvalue weighted by Crippen LogP contribution is 2.38. The van der Waals surface area contributed by atoms with E-state index >= 15 is 0 Å². The second kappa shape index (κ2) is 4.63. The monoisotopic (exact) mass is 221 g/mol. The summed E-state index contributed by atoms with van der Waals surface area (Å²) in [5.74, 6) is 2.98. The molecule has 1 N–H and O–H groups in total. The van der Waals surface area contributed by atoms with Gasteiger partial charge in [0.2, 0.25) is 11.9 Å². The maximum Gasteiger partial charge on any atom is 0.230 e. The van der Waals surface area contributed by atoms with Crippen LogP contribution in [-0.4, -0.2) is 35.1 Å². The zero-order valence-corrected chi connectivity index (χ0v) is 10.2. The predicted octanol–water partition coefficient (Wildman–Crippen LogP) is 1.64. The smallest absolute Gasteiger partial charge is 0.230 e. The molecule has 0 saturated heterocycles.